The third-order valence-corrected chi connectivity index (χ3v) is 4.89. The number of nitrogens with zero attached hydrogens (tertiary/aromatic N) is 1. The molecule has 2 rings (SSSR count). The number of hydroxylamine groups is 2. The van der Waals surface area contributed by atoms with Crippen molar-refractivity contribution in [3.05, 3.63) is 90.0 Å². The van der Waals surface area contributed by atoms with Crippen LogP contribution in [0.15, 0.2) is 89.4 Å². The minimum absolute atomic E-state index is 0.0263. The van der Waals surface area contributed by atoms with Crippen LogP contribution in [0.5, 0.6) is 0 Å². The first-order valence-corrected chi connectivity index (χ1v) is 9.84. The highest BCUT2D eigenvalue weighted by Gasteiger charge is 2.60. The highest BCUT2D eigenvalue weighted by Crippen LogP contribution is 2.47. The van der Waals surface area contributed by atoms with Crippen LogP contribution in [0, 0.1) is 0 Å². The Kier molecular flexibility index (Phi) is 8.49. The molecule has 0 unspecified atom stereocenters. The lowest BCUT2D eigenvalue weighted by atomic mass is 10.2. The average Bonchev–Trinajstić information content (AvgIpc) is 2.68. The Labute approximate surface area is 172 Å². The van der Waals surface area contributed by atoms with Crippen LogP contribution in [0.4, 0.5) is 17.6 Å². The molecule has 0 fully saturated rings. The maximum atomic E-state index is 14.5. The quantitative estimate of drug-likeness (QED) is 0.177. The van der Waals surface area contributed by atoms with E-state index >= 15 is 0 Å². The Morgan fingerprint density at radius 3 is 2.10 bits per heavy atom. The molecule has 0 radical (unpaired) electrons. The van der Waals surface area contributed by atoms with Crippen LogP contribution in [0.2, 0.25) is 0 Å². The molecule has 0 aliphatic heterocycles. The lowest BCUT2D eigenvalue weighted by Crippen LogP contribution is -2.45. The van der Waals surface area contributed by atoms with E-state index in [0.717, 1.165) is 5.06 Å². The standard InChI is InChI=1S/C22H23F4NOS/c1-3-11-18(4-2)16-27(17-19-12-7-5-8-13-19)28-21(23,24)22(25,26)29-20-14-9-6-10-15-20/h3-15H,16-17H2,1-2H3/b11-3-,18-4+. The average molecular weight is 425 g/mol. The molecular formula is C22H23F4NOS. The second kappa shape index (κ2) is 10.6. The zero-order valence-electron chi connectivity index (χ0n) is 16.2. The Hall–Kier alpha value is -2.09. The summed E-state index contributed by atoms with van der Waals surface area (Å²) in [4.78, 5) is 4.64. The molecule has 0 N–H and O–H groups in total. The molecule has 0 bridgehead atoms. The molecule has 29 heavy (non-hydrogen) atoms. The van der Waals surface area contributed by atoms with Crippen molar-refractivity contribution in [1.29, 1.82) is 0 Å². The summed E-state index contributed by atoms with van der Waals surface area (Å²) in [6, 6.07) is 16.0. The van der Waals surface area contributed by atoms with E-state index < -0.39 is 11.4 Å². The van der Waals surface area contributed by atoms with Crippen molar-refractivity contribution in [3.8, 4) is 0 Å². The van der Waals surface area contributed by atoms with Crippen molar-refractivity contribution in [1.82, 2.24) is 5.06 Å². The third-order valence-electron chi connectivity index (χ3n) is 3.88. The number of benzene rings is 2. The predicted octanol–water partition coefficient (Wildman–Crippen LogP) is 6.92. The van der Waals surface area contributed by atoms with Gasteiger partial charge in [0.1, 0.15) is 0 Å². The summed E-state index contributed by atoms with van der Waals surface area (Å²) < 4.78 is 57.8. The van der Waals surface area contributed by atoms with E-state index in [1.807, 2.05) is 0 Å². The second-order valence-electron chi connectivity index (χ2n) is 6.19. The zero-order valence-corrected chi connectivity index (χ0v) is 17.0. The topological polar surface area (TPSA) is 12.5 Å². The van der Waals surface area contributed by atoms with Crippen LogP contribution in [-0.2, 0) is 11.4 Å². The van der Waals surface area contributed by atoms with Gasteiger partial charge in [-0.05, 0) is 48.9 Å². The van der Waals surface area contributed by atoms with E-state index in [4.69, 9.17) is 0 Å². The molecule has 2 aromatic carbocycles. The fraction of sp³-hybridized carbons (Fsp3) is 0.273. The summed E-state index contributed by atoms with van der Waals surface area (Å²) in [7, 11) is 0. The van der Waals surface area contributed by atoms with E-state index in [1.54, 1.807) is 68.5 Å². The minimum Gasteiger partial charge on any atom is -0.223 e. The molecule has 0 saturated carbocycles. The number of hydrogen-bond acceptors (Lipinski definition) is 3. The van der Waals surface area contributed by atoms with Gasteiger partial charge in [0, 0.05) is 18.0 Å². The number of hydrogen-bond donors (Lipinski definition) is 0. The molecule has 0 aliphatic carbocycles. The van der Waals surface area contributed by atoms with Gasteiger partial charge in [0.05, 0.1) is 0 Å². The number of alkyl halides is 4. The Balaban J connectivity index is 2.21. The first-order chi connectivity index (χ1) is 13.8. The van der Waals surface area contributed by atoms with Gasteiger partial charge in [-0.25, -0.2) is 4.84 Å². The van der Waals surface area contributed by atoms with E-state index in [2.05, 4.69) is 4.84 Å². The predicted molar refractivity (Wildman–Crippen MR) is 109 cm³/mol. The van der Waals surface area contributed by atoms with Gasteiger partial charge in [0.15, 0.2) is 0 Å². The number of halogens is 4. The van der Waals surface area contributed by atoms with Gasteiger partial charge >= 0.3 is 11.4 Å². The molecule has 7 heteroatoms. The summed E-state index contributed by atoms with van der Waals surface area (Å²) in [5.74, 6) is 0. The largest absolute Gasteiger partial charge is 0.446 e. The SMILES string of the molecule is C/C=C\C(=C/C)CN(Cc1ccccc1)OC(F)(F)C(F)(F)Sc1ccccc1. The van der Waals surface area contributed by atoms with Gasteiger partial charge in [-0.3, -0.25) is 0 Å². The second-order valence-corrected chi connectivity index (χ2v) is 7.38. The van der Waals surface area contributed by atoms with Crippen molar-refractivity contribution >= 4 is 11.8 Å². The van der Waals surface area contributed by atoms with Crippen molar-refractivity contribution in [2.24, 2.45) is 0 Å². The molecule has 0 aliphatic rings. The van der Waals surface area contributed by atoms with E-state index in [-0.39, 0.29) is 29.7 Å². The fourth-order valence-corrected chi connectivity index (χ4v) is 3.22. The maximum Gasteiger partial charge on any atom is 0.446 e. The number of allylic oxidation sites excluding steroid dienone is 2. The summed E-state index contributed by atoms with van der Waals surface area (Å²) >= 11 is -0.228. The Bertz CT molecular complexity index is 810. The van der Waals surface area contributed by atoms with Gasteiger partial charge < -0.3 is 0 Å². The summed E-state index contributed by atoms with van der Waals surface area (Å²) in [5.41, 5.74) is 1.33. The smallest absolute Gasteiger partial charge is 0.223 e. The van der Waals surface area contributed by atoms with Crippen molar-refractivity contribution in [3.63, 3.8) is 0 Å². The number of thioether (sulfide) groups is 1. The third kappa shape index (κ3) is 7.03. The molecular weight excluding hydrogens is 402 g/mol. The molecule has 0 spiro atoms. The van der Waals surface area contributed by atoms with Crippen LogP contribution >= 0.6 is 11.8 Å². The van der Waals surface area contributed by atoms with Gasteiger partial charge in [-0.2, -0.15) is 22.6 Å². The van der Waals surface area contributed by atoms with Crippen LogP contribution in [0.3, 0.4) is 0 Å². The Morgan fingerprint density at radius 2 is 1.55 bits per heavy atom. The molecule has 0 saturated heterocycles. The first-order valence-electron chi connectivity index (χ1n) is 9.03. The minimum atomic E-state index is -4.71. The molecule has 0 aromatic heterocycles. The van der Waals surface area contributed by atoms with Gasteiger partial charge in [0.25, 0.3) is 0 Å². The lowest BCUT2D eigenvalue weighted by Gasteiger charge is -2.31. The van der Waals surface area contributed by atoms with E-state index in [0.29, 0.717) is 11.1 Å². The summed E-state index contributed by atoms with van der Waals surface area (Å²) in [6.45, 7) is 3.38. The summed E-state index contributed by atoms with van der Waals surface area (Å²) in [6.07, 6.45) is 0.470. The lowest BCUT2D eigenvalue weighted by molar-refractivity contribution is -0.401. The summed E-state index contributed by atoms with van der Waals surface area (Å²) in [5, 5.41) is -3.59. The Morgan fingerprint density at radius 1 is 0.966 bits per heavy atom. The number of rotatable bonds is 10. The van der Waals surface area contributed by atoms with Crippen LogP contribution < -0.4 is 0 Å². The fourth-order valence-electron chi connectivity index (χ4n) is 2.48. The van der Waals surface area contributed by atoms with Crippen molar-refractivity contribution in [2.75, 3.05) is 6.54 Å². The normalized spacial score (nSPS) is 13.4. The van der Waals surface area contributed by atoms with Crippen LogP contribution in [0.1, 0.15) is 19.4 Å². The molecule has 0 heterocycles. The maximum absolute atomic E-state index is 14.5. The van der Waals surface area contributed by atoms with Crippen molar-refractivity contribution < 1.29 is 22.4 Å². The monoisotopic (exact) mass is 425 g/mol. The van der Waals surface area contributed by atoms with Crippen LogP contribution in [0.25, 0.3) is 0 Å². The molecule has 2 nitrogen and oxygen atoms in total. The molecule has 2 aromatic rings. The van der Waals surface area contributed by atoms with Gasteiger partial charge in [-0.15, -0.1) is 0 Å². The highest BCUT2D eigenvalue weighted by atomic mass is 32.2. The molecule has 0 atom stereocenters. The van der Waals surface area contributed by atoms with Gasteiger partial charge in [0.2, 0.25) is 0 Å². The van der Waals surface area contributed by atoms with E-state index in [1.165, 1.54) is 24.3 Å². The van der Waals surface area contributed by atoms with Crippen LogP contribution in [-0.4, -0.2) is 23.0 Å². The first kappa shape index (κ1) is 23.2. The van der Waals surface area contributed by atoms with Crippen molar-refractivity contribution in [2.45, 2.75) is 36.7 Å². The van der Waals surface area contributed by atoms with Gasteiger partial charge in [-0.1, -0.05) is 66.8 Å². The molecule has 0 amide bonds. The highest BCUT2D eigenvalue weighted by molar-refractivity contribution is 8.00. The zero-order chi connectivity index (χ0) is 21.3. The van der Waals surface area contributed by atoms with E-state index in [9.17, 15) is 17.6 Å². The molecule has 156 valence electrons.